The van der Waals surface area contributed by atoms with Gasteiger partial charge < -0.3 is 0 Å². The predicted molar refractivity (Wildman–Crippen MR) is 91.0 cm³/mol. The van der Waals surface area contributed by atoms with E-state index in [1.165, 1.54) is 37.0 Å². The monoisotopic (exact) mass is 356 g/mol. The van der Waals surface area contributed by atoms with Gasteiger partial charge in [-0.05, 0) is 0 Å². The van der Waals surface area contributed by atoms with Gasteiger partial charge in [0.2, 0.25) is 0 Å². The zero-order valence-corrected chi connectivity index (χ0v) is 15.4. The molecule has 0 aromatic carbocycles. The molecule has 0 aliphatic carbocycles. The van der Waals surface area contributed by atoms with Gasteiger partial charge in [0.25, 0.3) is 0 Å². The van der Waals surface area contributed by atoms with E-state index >= 15 is 0 Å². The largest absolute Gasteiger partial charge is 0.0654 e. The van der Waals surface area contributed by atoms with Crippen molar-refractivity contribution < 1.29 is 0 Å². The van der Waals surface area contributed by atoms with E-state index in [0.29, 0.717) is 0 Å². The molecule has 0 N–H and O–H groups in total. The summed E-state index contributed by atoms with van der Waals surface area (Å²) in [6.45, 7) is 19.8. The molecule has 104 valence electrons. The summed E-state index contributed by atoms with van der Waals surface area (Å²) in [5.41, 5.74) is 0. The summed E-state index contributed by atoms with van der Waals surface area (Å²) in [5, 5.41) is 0. The van der Waals surface area contributed by atoms with Gasteiger partial charge in [0.05, 0.1) is 0 Å². The van der Waals surface area contributed by atoms with Crippen molar-refractivity contribution in [2.75, 3.05) is 0 Å². The van der Waals surface area contributed by atoms with Crippen molar-refractivity contribution in [3.05, 3.63) is 50.6 Å². The zero-order valence-electron chi connectivity index (χ0n) is 12.6. The fraction of sp³-hybridized carbons (Fsp3) is 0.529. The molecule has 0 bridgehead atoms. The van der Waals surface area contributed by atoms with Gasteiger partial charge in [0.1, 0.15) is 0 Å². The third-order valence-electron chi connectivity index (χ3n) is 3.02. The minimum Gasteiger partial charge on any atom is -0.0654 e. The van der Waals surface area contributed by atoms with Gasteiger partial charge in [0, 0.05) is 0 Å². The first kappa shape index (κ1) is 20.1. The number of hydrogen-bond acceptors (Lipinski definition) is 0. The Hall–Kier alpha value is -0.241. The maximum absolute atomic E-state index is 3.84. The molecule has 0 heterocycles. The molecule has 18 heavy (non-hydrogen) atoms. The SMILES string of the molecule is C=C[CH2][Sn]([CH2]C=C)([CH2]C=C)[CH2]C=C.CCCCC. The van der Waals surface area contributed by atoms with E-state index in [2.05, 4.69) is 64.5 Å². The van der Waals surface area contributed by atoms with E-state index in [1.54, 1.807) is 0 Å². The minimum absolute atomic E-state index is 1.21. The van der Waals surface area contributed by atoms with Gasteiger partial charge >= 0.3 is 86.7 Å². The van der Waals surface area contributed by atoms with Crippen LogP contribution in [0.25, 0.3) is 0 Å². The first-order chi connectivity index (χ1) is 8.66. The summed E-state index contributed by atoms with van der Waals surface area (Å²) < 4.78 is 4.83. The summed E-state index contributed by atoms with van der Waals surface area (Å²) in [4.78, 5) is 0. The van der Waals surface area contributed by atoms with Gasteiger partial charge in [-0.2, -0.15) is 0 Å². The molecule has 0 aliphatic heterocycles. The summed E-state index contributed by atoms with van der Waals surface area (Å²) in [6.07, 6.45) is 12.3. The number of rotatable bonds is 10. The van der Waals surface area contributed by atoms with E-state index in [4.69, 9.17) is 0 Å². The maximum Gasteiger partial charge on any atom is -0.0538 e. The van der Waals surface area contributed by atoms with Crippen molar-refractivity contribution in [1.82, 2.24) is 0 Å². The molecule has 0 aliphatic rings. The van der Waals surface area contributed by atoms with Crippen LogP contribution in [0.4, 0.5) is 0 Å². The van der Waals surface area contributed by atoms with Gasteiger partial charge in [-0.1, -0.05) is 33.1 Å². The molecule has 0 saturated heterocycles. The summed E-state index contributed by atoms with van der Waals surface area (Å²) >= 11 is -2.03. The predicted octanol–water partition coefficient (Wildman–Crippen LogP) is 6.38. The number of unbranched alkanes of at least 4 members (excludes halogenated alkanes) is 2. The van der Waals surface area contributed by atoms with Gasteiger partial charge in [-0.3, -0.25) is 0 Å². The Balaban J connectivity index is 0. The Bertz CT molecular complexity index is 180. The molecule has 0 rings (SSSR count). The minimum atomic E-state index is -2.03. The molecular formula is C17H32Sn. The van der Waals surface area contributed by atoms with Crippen molar-refractivity contribution in [2.24, 2.45) is 0 Å². The molecule has 0 nitrogen and oxygen atoms in total. The normalized spacial score (nSPS) is 9.89. The van der Waals surface area contributed by atoms with E-state index in [-0.39, 0.29) is 0 Å². The van der Waals surface area contributed by atoms with Crippen LogP contribution in [-0.2, 0) is 0 Å². The number of hydrogen-bond donors (Lipinski definition) is 0. The average Bonchev–Trinajstić information content (AvgIpc) is 2.32. The van der Waals surface area contributed by atoms with E-state index in [0.717, 1.165) is 0 Å². The van der Waals surface area contributed by atoms with Gasteiger partial charge in [-0.15, -0.1) is 0 Å². The van der Waals surface area contributed by atoms with E-state index in [9.17, 15) is 0 Å². The Morgan fingerprint density at radius 1 is 0.667 bits per heavy atom. The summed E-state index contributed by atoms with van der Waals surface area (Å²) in [7, 11) is 0. The van der Waals surface area contributed by atoms with Crippen molar-refractivity contribution in [3.8, 4) is 0 Å². The Kier molecular flexibility index (Phi) is 16.5. The van der Waals surface area contributed by atoms with Crippen LogP contribution in [0, 0.1) is 0 Å². The van der Waals surface area contributed by atoms with Gasteiger partial charge in [0.15, 0.2) is 0 Å². The smallest absolute Gasteiger partial charge is 0.0538 e. The summed E-state index contributed by atoms with van der Waals surface area (Å²) in [6, 6.07) is 0. The topological polar surface area (TPSA) is 0 Å². The fourth-order valence-corrected chi connectivity index (χ4v) is 11.9. The van der Waals surface area contributed by atoms with Crippen LogP contribution in [0.15, 0.2) is 50.6 Å². The van der Waals surface area contributed by atoms with Crippen molar-refractivity contribution in [1.29, 1.82) is 0 Å². The quantitative estimate of drug-likeness (QED) is 0.315. The Labute approximate surface area is 119 Å². The zero-order chi connectivity index (χ0) is 14.3. The third kappa shape index (κ3) is 10.9. The second-order valence-electron chi connectivity index (χ2n) is 4.82. The third-order valence-corrected chi connectivity index (χ3v) is 16.2. The van der Waals surface area contributed by atoms with E-state index in [1.807, 2.05) is 0 Å². The van der Waals surface area contributed by atoms with Crippen LogP contribution in [0.3, 0.4) is 0 Å². The second-order valence-corrected chi connectivity index (χ2v) is 18.0. The molecule has 0 unspecified atom stereocenters. The Morgan fingerprint density at radius 2 is 0.944 bits per heavy atom. The molecule has 0 fully saturated rings. The van der Waals surface area contributed by atoms with Crippen LogP contribution in [-0.4, -0.2) is 18.4 Å². The molecule has 1 heteroatoms. The second kappa shape index (κ2) is 14.8. The van der Waals surface area contributed by atoms with Crippen molar-refractivity contribution in [3.63, 3.8) is 0 Å². The molecule has 0 amide bonds. The molecule has 0 saturated carbocycles. The Morgan fingerprint density at radius 3 is 1.06 bits per heavy atom. The van der Waals surface area contributed by atoms with Gasteiger partial charge in [-0.25, -0.2) is 0 Å². The standard InChI is InChI=1S/C5H12.4C3H5.Sn/c1-3-5-4-2;4*1-3-2;/h3-5H2,1-2H3;4*3H,1-2H2;. The molecular weight excluding hydrogens is 323 g/mol. The fourth-order valence-electron chi connectivity index (χ4n) is 2.08. The molecule has 0 aromatic rings. The number of allylic oxidation sites excluding steroid dienone is 4. The van der Waals surface area contributed by atoms with Crippen LogP contribution in [0.2, 0.25) is 17.7 Å². The molecule has 0 aromatic heterocycles. The van der Waals surface area contributed by atoms with Crippen LogP contribution in [0.5, 0.6) is 0 Å². The van der Waals surface area contributed by atoms with Crippen LogP contribution < -0.4 is 0 Å². The van der Waals surface area contributed by atoms with E-state index < -0.39 is 18.4 Å². The van der Waals surface area contributed by atoms with Crippen LogP contribution >= 0.6 is 0 Å². The molecule has 0 radical (unpaired) electrons. The maximum atomic E-state index is 3.84. The van der Waals surface area contributed by atoms with Crippen molar-refractivity contribution >= 4 is 18.4 Å². The summed E-state index contributed by atoms with van der Waals surface area (Å²) in [5.74, 6) is 0. The van der Waals surface area contributed by atoms with Crippen LogP contribution in [0.1, 0.15) is 33.1 Å². The first-order valence-electron chi connectivity index (χ1n) is 7.09. The first-order valence-corrected chi connectivity index (χ1v) is 15.2. The average molecular weight is 355 g/mol. The molecule has 0 atom stereocenters. The van der Waals surface area contributed by atoms with Crippen molar-refractivity contribution in [2.45, 2.75) is 50.9 Å². The molecule has 0 spiro atoms.